The van der Waals surface area contributed by atoms with Crippen molar-refractivity contribution in [2.45, 2.75) is 51.6 Å². The summed E-state index contributed by atoms with van der Waals surface area (Å²) in [4.78, 5) is 2.47. The number of nitrogens with zero attached hydrogens (tertiary/aromatic N) is 1. The molecule has 0 heterocycles. The van der Waals surface area contributed by atoms with Crippen molar-refractivity contribution in [1.29, 1.82) is 0 Å². The first-order valence-corrected chi connectivity index (χ1v) is 7.20. The molecule has 2 heteroatoms. The fourth-order valence-electron chi connectivity index (χ4n) is 2.94. The molecule has 1 saturated carbocycles. The number of rotatable bonds is 6. The van der Waals surface area contributed by atoms with Crippen LogP contribution in [0.25, 0.3) is 0 Å². The van der Waals surface area contributed by atoms with Gasteiger partial charge in [0.15, 0.2) is 0 Å². The number of hydrogen-bond acceptors (Lipinski definition) is 2. The van der Waals surface area contributed by atoms with Gasteiger partial charge in [-0.25, -0.2) is 0 Å². The van der Waals surface area contributed by atoms with Crippen molar-refractivity contribution in [3.63, 3.8) is 0 Å². The van der Waals surface area contributed by atoms with Gasteiger partial charge in [-0.05, 0) is 44.0 Å². The minimum atomic E-state index is 0.260. The smallest absolute Gasteiger partial charge is 0.0236 e. The van der Waals surface area contributed by atoms with Crippen LogP contribution in [-0.2, 0) is 12.0 Å². The Balaban J connectivity index is 2.26. The van der Waals surface area contributed by atoms with E-state index in [0.29, 0.717) is 0 Å². The van der Waals surface area contributed by atoms with Crippen LogP contribution in [0.4, 0.5) is 0 Å². The lowest BCUT2D eigenvalue weighted by Gasteiger charge is -2.26. The highest BCUT2D eigenvalue weighted by atomic mass is 15.1. The zero-order chi connectivity index (χ0) is 13.2. The molecule has 0 saturated heterocycles. The Kier molecular flexibility index (Phi) is 4.08. The van der Waals surface area contributed by atoms with E-state index in [9.17, 15) is 0 Å². The molecule has 2 nitrogen and oxygen atoms in total. The van der Waals surface area contributed by atoms with Crippen LogP contribution >= 0.6 is 0 Å². The minimum Gasteiger partial charge on any atom is -0.327 e. The van der Waals surface area contributed by atoms with Crippen LogP contribution in [0, 0.1) is 0 Å². The predicted molar refractivity (Wildman–Crippen MR) is 77.6 cm³/mol. The maximum Gasteiger partial charge on any atom is 0.0236 e. The van der Waals surface area contributed by atoms with Gasteiger partial charge >= 0.3 is 0 Å². The van der Waals surface area contributed by atoms with Gasteiger partial charge in [-0.1, -0.05) is 38.1 Å². The van der Waals surface area contributed by atoms with E-state index in [0.717, 1.165) is 19.6 Å². The molecule has 0 radical (unpaired) electrons. The summed E-state index contributed by atoms with van der Waals surface area (Å²) in [6.45, 7) is 9.87. The molecule has 0 bridgehead atoms. The maximum absolute atomic E-state index is 6.22. The van der Waals surface area contributed by atoms with E-state index in [1.165, 1.54) is 24.0 Å². The second-order valence-corrected chi connectivity index (χ2v) is 5.56. The van der Waals surface area contributed by atoms with Gasteiger partial charge in [0.1, 0.15) is 0 Å². The fourth-order valence-corrected chi connectivity index (χ4v) is 2.94. The third-order valence-corrected chi connectivity index (χ3v) is 4.50. The van der Waals surface area contributed by atoms with Crippen LogP contribution in [0.2, 0.25) is 0 Å². The fraction of sp³-hybridized carbons (Fsp3) is 0.625. The minimum absolute atomic E-state index is 0.260. The average Bonchev–Trinajstić information content (AvgIpc) is 3.18. The molecule has 0 amide bonds. The summed E-state index contributed by atoms with van der Waals surface area (Å²) >= 11 is 0. The van der Waals surface area contributed by atoms with Crippen molar-refractivity contribution in [3.05, 3.63) is 35.4 Å². The highest BCUT2D eigenvalue weighted by molar-refractivity contribution is 5.40. The number of hydrogen-bond donors (Lipinski definition) is 1. The van der Waals surface area contributed by atoms with E-state index in [-0.39, 0.29) is 11.5 Å². The summed E-state index contributed by atoms with van der Waals surface area (Å²) in [5.74, 6) is 0. The van der Waals surface area contributed by atoms with Crippen molar-refractivity contribution < 1.29 is 0 Å². The van der Waals surface area contributed by atoms with Gasteiger partial charge in [0.25, 0.3) is 0 Å². The molecule has 0 aliphatic heterocycles. The third kappa shape index (κ3) is 2.45. The van der Waals surface area contributed by atoms with E-state index >= 15 is 0 Å². The second-order valence-electron chi connectivity index (χ2n) is 5.56. The largest absolute Gasteiger partial charge is 0.327 e. The van der Waals surface area contributed by atoms with E-state index in [1.54, 1.807) is 0 Å². The molecule has 0 spiro atoms. The molecular formula is C16H26N2. The van der Waals surface area contributed by atoms with E-state index < -0.39 is 0 Å². The molecule has 1 aromatic rings. The van der Waals surface area contributed by atoms with Gasteiger partial charge in [0, 0.05) is 18.0 Å². The Hall–Kier alpha value is -0.860. The molecule has 2 N–H and O–H groups in total. The molecule has 1 atom stereocenters. The van der Waals surface area contributed by atoms with Gasteiger partial charge in [-0.2, -0.15) is 0 Å². The first kappa shape index (κ1) is 13.6. The zero-order valence-corrected chi connectivity index (χ0v) is 11.9. The van der Waals surface area contributed by atoms with Crippen LogP contribution in [0.3, 0.4) is 0 Å². The molecule has 18 heavy (non-hydrogen) atoms. The predicted octanol–water partition coefficient (Wildman–Crippen LogP) is 2.91. The van der Waals surface area contributed by atoms with Crippen molar-refractivity contribution in [1.82, 2.24) is 4.90 Å². The first-order chi connectivity index (χ1) is 8.64. The molecular weight excluding hydrogens is 220 g/mol. The van der Waals surface area contributed by atoms with Crippen molar-refractivity contribution in [2.75, 3.05) is 13.1 Å². The van der Waals surface area contributed by atoms with E-state index in [4.69, 9.17) is 5.73 Å². The quantitative estimate of drug-likeness (QED) is 0.836. The monoisotopic (exact) mass is 246 g/mol. The van der Waals surface area contributed by atoms with Crippen LogP contribution in [0.1, 0.15) is 44.7 Å². The maximum atomic E-state index is 6.22. The van der Waals surface area contributed by atoms with E-state index in [2.05, 4.69) is 49.9 Å². The van der Waals surface area contributed by atoms with Crippen molar-refractivity contribution >= 4 is 0 Å². The lowest BCUT2D eigenvalue weighted by atomic mass is 9.86. The summed E-state index contributed by atoms with van der Waals surface area (Å²) < 4.78 is 0. The zero-order valence-electron chi connectivity index (χ0n) is 11.9. The Bertz CT molecular complexity index is 390. The molecule has 100 valence electrons. The molecule has 1 fully saturated rings. The highest BCUT2D eigenvalue weighted by Crippen LogP contribution is 2.51. The summed E-state index contributed by atoms with van der Waals surface area (Å²) in [5.41, 5.74) is 9.44. The Morgan fingerprint density at radius 2 is 1.83 bits per heavy atom. The molecule has 0 aromatic heterocycles. The first-order valence-electron chi connectivity index (χ1n) is 7.20. The normalized spacial score (nSPS) is 18.9. The Morgan fingerprint density at radius 1 is 1.22 bits per heavy atom. The molecule has 1 unspecified atom stereocenters. The SMILES string of the molecule is CCN(CC)Cc1ccccc1C1(C(C)N)CC1. The van der Waals surface area contributed by atoms with Crippen molar-refractivity contribution in [2.24, 2.45) is 5.73 Å². The van der Waals surface area contributed by atoms with Crippen LogP contribution < -0.4 is 5.73 Å². The van der Waals surface area contributed by atoms with Gasteiger partial charge in [0.05, 0.1) is 0 Å². The molecule has 1 aromatic carbocycles. The number of nitrogens with two attached hydrogens (primary N) is 1. The topological polar surface area (TPSA) is 29.3 Å². The standard InChI is InChI=1S/C16H26N2/c1-4-18(5-2)12-14-8-6-7-9-15(14)16(10-11-16)13(3)17/h6-9,13H,4-5,10-12,17H2,1-3H3. The third-order valence-electron chi connectivity index (χ3n) is 4.50. The van der Waals surface area contributed by atoms with Crippen LogP contribution in [0.5, 0.6) is 0 Å². The van der Waals surface area contributed by atoms with Gasteiger partial charge in [0.2, 0.25) is 0 Å². The second kappa shape index (κ2) is 5.41. The molecule has 1 aliphatic carbocycles. The Morgan fingerprint density at radius 3 is 2.33 bits per heavy atom. The lowest BCUT2D eigenvalue weighted by Crippen LogP contribution is -2.33. The summed E-state index contributed by atoms with van der Waals surface area (Å²) in [6.07, 6.45) is 2.50. The number of benzene rings is 1. The summed E-state index contributed by atoms with van der Waals surface area (Å²) in [7, 11) is 0. The summed E-state index contributed by atoms with van der Waals surface area (Å²) in [6, 6.07) is 9.13. The van der Waals surface area contributed by atoms with Crippen LogP contribution in [-0.4, -0.2) is 24.0 Å². The van der Waals surface area contributed by atoms with Crippen LogP contribution in [0.15, 0.2) is 24.3 Å². The highest BCUT2D eigenvalue weighted by Gasteiger charge is 2.48. The van der Waals surface area contributed by atoms with Gasteiger partial charge in [-0.3, -0.25) is 4.90 Å². The molecule has 2 rings (SSSR count). The van der Waals surface area contributed by atoms with E-state index in [1.807, 2.05) is 0 Å². The summed E-state index contributed by atoms with van der Waals surface area (Å²) in [5, 5.41) is 0. The van der Waals surface area contributed by atoms with Gasteiger partial charge in [-0.15, -0.1) is 0 Å². The average molecular weight is 246 g/mol. The van der Waals surface area contributed by atoms with Gasteiger partial charge < -0.3 is 5.73 Å². The molecule has 1 aliphatic rings. The Labute approximate surface area is 111 Å². The van der Waals surface area contributed by atoms with Crippen molar-refractivity contribution in [3.8, 4) is 0 Å². The lowest BCUT2D eigenvalue weighted by molar-refractivity contribution is 0.293.